The molecule has 1 aliphatic rings. The van der Waals surface area contributed by atoms with Gasteiger partial charge >= 0.3 is 0 Å². The first-order chi connectivity index (χ1) is 10.1. The third-order valence-electron chi connectivity index (χ3n) is 3.69. The number of nitrogens with one attached hydrogen (secondary N) is 1. The Morgan fingerprint density at radius 3 is 2.81 bits per heavy atom. The molecule has 21 heavy (non-hydrogen) atoms. The van der Waals surface area contributed by atoms with E-state index in [1.807, 2.05) is 23.1 Å². The van der Waals surface area contributed by atoms with Gasteiger partial charge in [0.1, 0.15) is 6.61 Å². The van der Waals surface area contributed by atoms with Crippen molar-refractivity contribution in [3.8, 4) is 0 Å². The van der Waals surface area contributed by atoms with E-state index in [4.69, 9.17) is 16.3 Å². The minimum atomic E-state index is 0.0811. The van der Waals surface area contributed by atoms with Crippen LogP contribution in [0.25, 0.3) is 0 Å². The zero-order chi connectivity index (χ0) is 15.2. The SMILES string of the molecule is COCC(=O)N1CCC(NCc2ccc(Cl)c(Br)c2)CC1. The zero-order valence-electron chi connectivity index (χ0n) is 12.1. The molecule has 0 saturated carbocycles. The molecule has 0 radical (unpaired) electrons. The first-order valence-corrected chi connectivity index (χ1v) is 8.21. The van der Waals surface area contributed by atoms with Crippen molar-refractivity contribution >= 4 is 33.4 Å². The molecule has 4 nitrogen and oxygen atoms in total. The summed E-state index contributed by atoms with van der Waals surface area (Å²) in [5, 5.41) is 4.27. The van der Waals surface area contributed by atoms with Gasteiger partial charge in [-0.15, -0.1) is 0 Å². The highest BCUT2D eigenvalue weighted by atomic mass is 79.9. The first-order valence-electron chi connectivity index (χ1n) is 7.04. The predicted octanol–water partition coefficient (Wildman–Crippen LogP) is 2.83. The average molecular weight is 376 g/mol. The van der Waals surface area contributed by atoms with Crippen LogP contribution in [-0.4, -0.2) is 43.7 Å². The van der Waals surface area contributed by atoms with Crippen LogP contribution in [0.5, 0.6) is 0 Å². The molecular weight excluding hydrogens is 356 g/mol. The van der Waals surface area contributed by atoms with Crippen molar-refractivity contribution in [2.45, 2.75) is 25.4 Å². The van der Waals surface area contributed by atoms with Gasteiger partial charge in [0.05, 0.1) is 5.02 Å². The topological polar surface area (TPSA) is 41.6 Å². The lowest BCUT2D eigenvalue weighted by molar-refractivity contribution is -0.136. The summed E-state index contributed by atoms with van der Waals surface area (Å²) in [6, 6.07) is 6.41. The summed E-state index contributed by atoms with van der Waals surface area (Å²) in [6.45, 7) is 2.58. The van der Waals surface area contributed by atoms with Crippen LogP contribution < -0.4 is 5.32 Å². The second-order valence-corrected chi connectivity index (χ2v) is 6.48. The van der Waals surface area contributed by atoms with E-state index in [0.29, 0.717) is 6.04 Å². The fourth-order valence-corrected chi connectivity index (χ4v) is 3.00. The Bertz CT molecular complexity index is 491. The van der Waals surface area contributed by atoms with E-state index in [9.17, 15) is 4.79 Å². The van der Waals surface area contributed by atoms with Crippen molar-refractivity contribution in [3.05, 3.63) is 33.3 Å². The Balaban J connectivity index is 1.76. The van der Waals surface area contributed by atoms with Gasteiger partial charge < -0.3 is 15.0 Å². The number of rotatable bonds is 5. The number of amides is 1. The molecule has 1 aromatic rings. The zero-order valence-corrected chi connectivity index (χ0v) is 14.4. The number of likely N-dealkylation sites (tertiary alicyclic amines) is 1. The van der Waals surface area contributed by atoms with Gasteiger partial charge in [0.2, 0.25) is 5.91 Å². The maximum Gasteiger partial charge on any atom is 0.248 e. The standard InChI is InChI=1S/C15H20BrClN2O2/c1-21-10-15(20)19-6-4-12(5-7-19)18-9-11-2-3-14(17)13(16)8-11/h2-3,8,12,18H,4-7,9-10H2,1H3. The summed E-state index contributed by atoms with van der Waals surface area (Å²) in [5.41, 5.74) is 1.20. The molecule has 0 aliphatic carbocycles. The van der Waals surface area contributed by atoms with Crippen molar-refractivity contribution in [2.24, 2.45) is 0 Å². The van der Waals surface area contributed by atoms with E-state index in [1.54, 1.807) is 7.11 Å². The van der Waals surface area contributed by atoms with Crippen LogP contribution in [0.1, 0.15) is 18.4 Å². The average Bonchev–Trinajstić information content (AvgIpc) is 2.49. The molecule has 1 fully saturated rings. The molecule has 1 aromatic carbocycles. The van der Waals surface area contributed by atoms with Crippen LogP contribution in [0.15, 0.2) is 22.7 Å². The summed E-state index contributed by atoms with van der Waals surface area (Å²) in [4.78, 5) is 13.6. The minimum absolute atomic E-state index is 0.0811. The second kappa shape index (κ2) is 8.13. The van der Waals surface area contributed by atoms with Crippen LogP contribution >= 0.6 is 27.5 Å². The molecule has 0 unspecified atom stereocenters. The third kappa shape index (κ3) is 4.95. The molecule has 0 bridgehead atoms. The molecule has 1 aliphatic heterocycles. The summed E-state index contributed by atoms with van der Waals surface area (Å²) in [7, 11) is 1.55. The van der Waals surface area contributed by atoms with Crippen LogP contribution in [0.3, 0.4) is 0 Å². The Kier molecular flexibility index (Phi) is 6.48. The van der Waals surface area contributed by atoms with E-state index in [1.165, 1.54) is 5.56 Å². The number of methoxy groups -OCH3 is 1. The Morgan fingerprint density at radius 2 is 2.19 bits per heavy atom. The van der Waals surface area contributed by atoms with E-state index >= 15 is 0 Å². The highest BCUT2D eigenvalue weighted by Gasteiger charge is 2.22. The molecule has 0 atom stereocenters. The highest BCUT2D eigenvalue weighted by molar-refractivity contribution is 9.10. The van der Waals surface area contributed by atoms with E-state index in [0.717, 1.165) is 42.0 Å². The lowest BCUT2D eigenvalue weighted by Crippen LogP contribution is -2.45. The first kappa shape index (κ1) is 16.7. The quantitative estimate of drug-likeness (QED) is 0.860. The highest BCUT2D eigenvalue weighted by Crippen LogP contribution is 2.23. The van der Waals surface area contributed by atoms with Gasteiger partial charge in [-0.2, -0.15) is 0 Å². The lowest BCUT2D eigenvalue weighted by Gasteiger charge is -2.32. The number of halogens is 2. The maximum atomic E-state index is 11.7. The molecule has 0 aromatic heterocycles. The van der Waals surface area contributed by atoms with Gasteiger partial charge in [-0.05, 0) is 46.5 Å². The number of piperidine rings is 1. The van der Waals surface area contributed by atoms with Crippen molar-refractivity contribution in [1.29, 1.82) is 0 Å². The lowest BCUT2D eigenvalue weighted by atomic mass is 10.0. The summed E-state index contributed by atoms with van der Waals surface area (Å²) in [6.07, 6.45) is 1.95. The van der Waals surface area contributed by atoms with Crippen LogP contribution in [0, 0.1) is 0 Å². The number of ether oxygens (including phenoxy) is 1. The van der Waals surface area contributed by atoms with Gasteiger partial charge in [0, 0.05) is 37.3 Å². The van der Waals surface area contributed by atoms with Gasteiger partial charge in [-0.3, -0.25) is 4.79 Å². The van der Waals surface area contributed by atoms with Crippen molar-refractivity contribution in [3.63, 3.8) is 0 Å². The van der Waals surface area contributed by atoms with Gasteiger partial charge in [-0.25, -0.2) is 0 Å². The van der Waals surface area contributed by atoms with Crippen LogP contribution in [0.4, 0.5) is 0 Å². The van der Waals surface area contributed by atoms with Gasteiger partial charge in [0.15, 0.2) is 0 Å². The Labute approximate surface area is 138 Å². The maximum absolute atomic E-state index is 11.7. The number of nitrogens with zero attached hydrogens (tertiary/aromatic N) is 1. The Morgan fingerprint density at radius 1 is 1.48 bits per heavy atom. The van der Waals surface area contributed by atoms with Crippen molar-refractivity contribution in [1.82, 2.24) is 10.2 Å². The van der Waals surface area contributed by atoms with Crippen LogP contribution in [-0.2, 0) is 16.1 Å². The largest absolute Gasteiger partial charge is 0.375 e. The second-order valence-electron chi connectivity index (χ2n) is 5.22. The predicted molar refractivity (Wildman–Crippen MR) is 87.5 cm³/mol. The van der Waals surface area contributed by atoms with E-state index < -0.39 is 0 Å². The molecule has 1 heterocycles. The minimum Gasteiger partial charge on any atom is -0.375 e. The normalized spacial score (nSPS) is 16.2. The number of benzene rings is 1. The smallest absolute Gasteiger partial charge is 0.248 e. The number of hydrogen-bond donors (Lipinski definition) is 1. The molecule has 1 N–H and O–H groups in total. The molecule has 6 heteroatoms. The summed E-state index contributed by atoms with van der Waals surface area (Å²) >= 11 is 9.42. The Hall–Kier alpha value is -0.620. The number of carbonyl (C=O) groups excluding carboxylic acids is 1. The van der Waals surface area contributed by atoms with Crippen molar-refractivity contribution in [2.75, 3.05) is 26.8 Å². The summed E-state index contributed by atoms with van der Waals surface area (Å²) in [5.74, 6) is 0.0811. The molecule has 0 spiro atoms. The van der Waals surface area contributed by atoms with Gasteiger partial charge in [0.25, 0.3) is 0 Å². The van der Waals surface area contributed by atoms with Crippen LogP contribution in [0.2, 0.25) is 5.02 Å². The third-order valence-corrected chi connectivity index (χ3v) is 4.91. The fraction of sp³-hybridized carbons (Fsp3) is 0.533. The molecule has 1 amide bonds. The fourth-order valence-electron chi connectivity index (χ4n) is 2.46. The van der Waals surface area contributed by atoms with Crippen molar-refractivity contribution < 1.29 is 9.53 Å². The molecule has 2 rings (SSSR count). The molecular formula is C15H20BrClN2O2. The summed E-state index contributed by atoms with van der Waals surface area (Å²) < 4.78 is 5.81. The van der Waals surface area contributed by atoms with E-state index in [2.05, 4.69) is 21.2 Å². The number of carbonyl (C=O) groups is 1. The molecule has 116 valence electrons. The van der Waals surface area contributed by atoms with Gasteiger partial charge in [-0.1, -0.05) is 17.7 Å². The monoisotopic (exact) mass is 374 g/mol. The van der Waals surface area contributed by atoms with E-state index in [-0.39, 0.29) is 12.5 Å². The number of hydrogen-bond acceptors (Lipinski definition) is 3. The molecule has 1 saturated heterocycles.